The van der Waals surface area contributed by atoms with Crippen molar-refractivity contribution in [2.45, 2.75) is 20.3 Å². The number of nitrogens with one attached hydrogen (secondary N) is 2. The molecule has 0 aromatic carbocycles. The molecule has 0 spiro atoms. The van der Waals surface area contributed by atoms with Gasteiger partial charge >= 0.3 is 12.0 Å². The van der Waals surface area contributed by atoms with Crippen molar-refractivity contribution in [2.75, 3.05) is 19.0 Å². The standard InChI is InChI=1S/C20H20FN5O3S/c1-4-5-22-20(28)26-16-7-14(18-25-11(2)10-30-18)15(9-23-16)13-6-12(19(27)29-3)8-24-17(13)21/h6-10H,4-5H2,1-3H3,(H2,22,23,26,28). The minimum absolute atomic E-state index is 0.0789. The molecule has 3 heterocycles. The summed E-state index contributed by atoms with van der Waals surface area (Å²) in [6.07, 6.45) is 3.33. The highest BCUT2D eigenvalue weighted by Gasteiger charge is 2.19. The fourth-order valence-corrected chi connectivity index (χ4v) is 3.49. The highest BCUT2D eigenvalue weighted by molar-refractivity contribution is 7.13. The van der Waals surface area contributed by atoms with Gasteiger partial charge in [-0.05, 0) is 25.5 Å². The van der Waals surface area contributed by atoms with Crippen molar-refractivity contribution in [3.8, 4) is 21.7 Å². The Kier molecular flexibility index (Phi) is 6.68. The van der Waals surface area contributed by atoms with Crippen LogP contribution in [0.3, 0.4) is 0 Å². The number of amides is 2. The normalized spacial score (nSPS) is 10.5. The molecule has 10 heteroatoms. The lowest BCUT2D eigenvalue weighted by Crippen LogP contribution is -2.29. The van der Waals surface area contributed by atoms with Crippen molar-refractivity contribution in [1.82, 2.24) is 20.3 Å². The Labute approximate surface area is 176 Å². The monoisotopic (exact) mass is 429 g/mol. The SMILES string of the molecule is CCCNC(=O)Nc1cc(-c2nc(C)cs2)c(-c2cc(C(=O)OC)cnc2F)cn1. The Bertz CT molecular complexity index is 1090. The summed E-state index contributed by atoms with van der Waals surface area (Å²) in [5.74, 6) is -1.11. The number of halogens is 1. The number of ether oxygens (including phenoxy) is 1. The second-order valence-electron chi connectivity index (χ2n) is 6.34. The molecule has 3 rings (SSSR count). The van der Waals surface area contributed by atoms with E-state index in [2.05, 4.69) is 25.6 Å². The zero-order valence-corrected chi connectivity index (χ0v) is 17.5. The quantitative estimate of drug-likeness (QED) is 0.453. The van der Waals surface area contributed by atoms with E-state index in [1.807, 2.05) is 19.2 Å². The molecule has 8 nitrogen and oxygen atoms in total. The lowest BCUT2D eigenvalue weighted by atomic mass is 10.0. The number of methoxy groups -OCH3 is 1. The molecule has 0 fully saturated rings. The van der Waals surface area contributed by atoms with E-state index in [1.165, 1.54) is 30.7 Å². The van der Waals surface area contributed by atoms with Crippen molar-refractivity contribution < 1.29 is 18.7 Å². The smallest absolute Gasteiger partial charge is 0.339 e. The highest BCUT2D eigenvalue weighted by atomic mass is 32.1. The average molecular weight is 429 g/mol. The van der Waals surface area contributed by atoms with Gasteiger partial charge in [0.1, 0.15) is 10.8 Å². The number of esters is 1. The van der Waals surface area contributed by atoms with Crippen LogP contribution in [0.1, 0.15) is 29.4 Å². The zero-order chi connectivity index (χ0) is 21.7. The molecule has 0 unspecified atom stereocenters. The lowest BCUT2D eigenvalue weighted by Gasteiger charge is -2.12. The van der Waals surface area contributed by atoms with E-state index in [9.17, 15) is 14.0 Å². The number of aromatic nitrogens is 3. The molecule has 0 saturated heterocycles. The Morgan fingerprint density at radius 2 is 1.97 bits per heavy atom. The van der Waals surface area contributed by atoms with Gasteiger partial charge < -0.3 is 10.1 Å². The van der Waals surface area contributed by atoms with Crippen molar-refractivity contribution >= 4 is 29.2 Å². The van der Waals surface area contributed by atoms with E-state index in [4.69, 9.17) is 4.74 Å². The maximum Gasteiger partial charge on any atom is 0.339 e. The Morgan fingerprint density at radius 3 is 2.63 bits per heavy atom. The molecule has 0 saturated carbocycles. The topological polar surface area (TPSA) is 106 Å². The third kappa shape index (κ3) is 4.77. The van der Waals surface area contributed by atoms with Gasteiger partial charge in [-0.1, -0.05) is 6.92 Å². The van der Waals surface area contributed by atoms with Crippen LogP contribution in [0.5, 0.6) is 0 Å². The van der Waals surface area contributed by atoms with Gasteiger partial charge in [0.15, 0.2) is 0 Å². The van der Waals surface area contributed by atoms with Gasteiger partial charge in [-0.3, -0.25) is 5.32 Å². The van der Waals surface area contributed by atoms with Gasteiger partial charge in [0.2, 0.25) is 5.95 Å². The maximum atomic E-state index is 14.6. The number of anilines is 1. The predicted octanol–water partition coefficient (Wildman–Crippen LogP) is 4.03. The van der Waals surface area contributed by atoms with Crippen molar-refractivity contribution in [3.05, 3.63) is 47.1 Å². The third-order valence-corrected chi connectivity index (χ3v) is 5.07. The lowest BCUT2D eigenvalue weighted by molar-refractivity contribution is 0.0600. The first-order valence-corrected chi connectivity index (χ1v) is 10.0. The van der Waals surface area contributed by atoms with Crippen LogP contribution in [0.15, 0.2) is 29.9 Å². The van der Waals surface area contributed by atoms with Crippen LogP contribution in [0.25, 0.3) is 21.7 Å². The van der Waals surface area contributed by atoms with Gasteiger partial charge in [0.05, 0.1) is 12.7 Å². The van der Waals surface area contributed by atoms with Crippen LogP contribution >= 0.6 is 11.3 Å². The van der Waals surface area contributed by atoms with Crippen molar-refractivity contribution in [2.24, 2.45) is 0 Å². The first kappa shape index (κ1) is 21.3. The molecular weight excluding hydrogens is 409 g/mol. The first-order chi connectivity index (χ1) is 14.4. The van der Waals surface area contributed by atoms with Crippen LogP contribution in [0.4, 0.5) is 15.0 Å². The van der Waals surface area contributed by atoms with Crippen LogP contribution < -0.4 is 10.6 Å². The molecule has 0 aliphatic heterocycles. The first-order valence-electron chi connectivity index (χ1n) is 9.14. The second-order valence-corrected chi connectivity index (χ2v) is 7.20. The Hall–Kier alpha value is -3.40. The van der Waals surface area contributed by atoms with Crippen molar-refractivity contribution in [3.63, 3.8) is 0 Å². The Morgan fingerprint density at radius 1 is 1.17 bits per heavy atom. The molecule has 2 amide bonds. The number of urea groups is 1. The largest absolute Gasteiger partial charge is 0.465 e. The molecule has 2 N–H and O–H groups in total. The van der Waals surface area contributed by atoms with E-state index in [-0.39, 0.29) is 23.0 Å². The average Bonchev–Trinajstić information content (AvgIpc) is 3.18. The van der Waals surface area contributed by atoms with Crippen molar-refractivity contribution in [1.29, 1.82) is 0 Å². The summed E-state index contributed by atoms with van der Waals surface area (Å²) in [5.41, 5.74) is 1.93. The van der Waals surface area contributed by atoms with Gasteiger partial charge in [0.25, 0.3) is 0 Å². The van der Waals surface area contributed by atoms with Gasteiger partial charge in [-0.2, -0.15) is 4.39 Å². The summed E-state index contributed by atoms with van der Waals surface area (Å²) in [6, 6.07) is 2.58. The maximum absolute atomic E-state index is 14.6. The number of hydrogen-bond acceptors (Lipinski definition) is 7. The highest BCUT2D eigenvalue weighted by Crippen LogP contribution is 2.36. The molecular formula is C20H20FN5O3S. The number of carbonyl (C=O) groups is 2. The molecule has 0 radical (unpaired) electrons. The molecule has 0 bridgehead atoms. The minimum Gasteiger partial charge on any atom is -0.465 e. The fourth-order valence-electron chi connectivity index (χ4n) is 2.66. The summed E-state index contributed by atoms with van der Waals surface area (Å²) in [4.78, 5) is 36.2. The van der Waals surface area contributed by atoms with E-state index >= 15 is 0 Å². The van der Waals surface area contributed by atoms with Crippen LogP contribution in [0, 0.1) is 12.9 Å². The number of pyridine rings is 2. The summed E-state index contributed by atoms with van der Waals surface area (Å²) in [7, 11) is 1.24. The molecule has 0 aliphatic rings. The van der Waals surface area contributed by atoms with Crippen LogP contribution in [-0.4, -0.2) is 40.6 Å². The summed E-state index contributed by atoms with van der Waals surface area (Å²) < 4.78 is 19.3. The number of aryl methyl sites for hydroxylation is 1. The van der Waals surface area contributed by atoms with E-state index in [1.54, 1.807) is 6.07 Å². The minimum atomic E-state index is -0.764. The summed E-state index contributed by atoms with van der Waals surface area (Å²) >= 11 is 1.37. The van der Waals surface area contributed by atoms with Gasteiger partial charge in [-0.15, -0.1) is 11.3 Å². The van der Waals surface area contributed by atoms with Crippen LogP contribution in [-0.2, 0) is 4.74 Å². The third-order valence-electron chi connectivity index (χ3n) is 4.08. The molecule has 30 heavy (non-hydrogen) atoms. The molecule has 3 aromatic rings. The van der Waals surface area contributed by atoms with E-state index < -0.39 is 11.9 Å². The predicted molar refractivity (Wildman–Crippen MR) is 112 cm³/mol. The second kappa shape index (κ2) is 9.40. The molecule has 156 valence electrons. The number of rotatable bonds is 6. The summed E-state index contributed by atoms with van der Waals surface area (Å²) in [6.45, 7) is 4.32. The Balaban J connectivity index is 2.08. The van der Waals surface area contributed by atoms with E-state index in [0.717, 1.165) is 18.3 Å². The van der Waals surface area contributed by atoms with Gasteiger partial charge in [0, 0.05) is 46.7 Å². The number of thiazole rings is 1. The van der Waals surface area contributed by atoms with Crippen LogP contribution in [0.2, 0.25) is 0 Å². The number of nitrogens with zero attached hydrogens (tertiary/aromatic N) is 3. The number of carbonyl (C=O) groups excluding carboxylic acids is 2. The molecule has 3 aromatic heterocycles. The molecule has 0 aliphatic carbocycles. The zero-order valence-electron chi connectivity index (χ0n) is 16.7. The number of hydrogen-bond donors (Lipinski definition) is 2. The fraction of sp³-hybridized carbons (Fsp3) is 0.250. The summed E-state index contributed by atoms with van der Waals surface area (Å²) in [5, 5.41) is 7.84. The van der Waals surface area contributed by atoms with Gasteiger partial charge in [-0.25, -0.2) is 24.5 Å². The molecule has 0 atom stereocenters. The van der Waals surface area contributed by atoms with E-state index in [0.29, 0.717) is 22.7 Å².